The summed E-state index contributed by atoms with van der Waals surface area (Å²) in [6.45, 7) is 1.86. The summed E-state index contributed by atoms with van der Waals surface area (Å²) < 4.78 is 2.14. The molecule has 0 saturated carbocycles. The zero-order valence-electron chi connectivity index (χ0n) is 10.3. The molecule has 2 aromatic carbocycles. The van der Waals surface area contributed by atoms with Crippen molar-refractivity contribution in [3.05, 3.63) is 56.5 Å². The number of fused-ring (bicyclic) bond motifs is 1. The van der Waals surface area contributed by atoms with Crippen LogP contribution in [0.4, 0.5) is 11.4 Å². The summed E-state index contributed by atoms with van der Waals surface area (Å²) >= 11 is 7.15. The Hall–Kier alpha value is -1.00. The van der Waals surface area contributed by atoms with Crippen molar-refractivity contribution in [2.45, 2.75) is 13.0 Å². The molecule has 0 aromatic heterocycles. The molecule has 1 aliphatic heterocycles. The fourth-order valence-electron chi connectivity index (χ4n) is 2.41. The molecule has 2 nitrogen and oxygen atoms in total. The highest BCUT2D eigenvalue weighted by atomic mass is 79.9. The molecule has 1 aliphatic rings. The third kappa shape index (κ3) is 2.65. The monoisotopic (exact) mass is 380 g/mol. The summed E-state index contributed by atoms with van der Waals surface area (Å²) in [5, 5.41) is 6.96. The van der Waals surface area contributed by atoms with Gasteiger partial charge in [0.05, 0.1) is 5.69 Å². The van der Waals surface area contributed by atoms with Crippen molar-refractivity contribution in [1.82, 2.24) is 0 Å². The normalized spacial score (nSPS) is 12.9. The minimum Gasteiger partial charge on any atom is -0.384 e. The van der Waals surface area contributed by atoms with Crippen molar-refractivity contribution >= 4 is 43.2 Å². The van der Waals surface area contributed by atoms with Crippen molar-refractivity contribution in [2.75, 3.05) is 17.2 Å². The van der Waals surface area contributed by atoms with E-state index in [2.05, 4.69) is 60.7 Å². The van der Waals surface area contributed by atoms with Crippen molar-refractivity contribution in [3.63, 3.8) is 0 Å². The lowest BCUT2D eigenvalue weighted by atomic mass is 10.1. The molecule has 19 heavy (non-hydrogen) atoms. The van der Waals surface area contributed by atoms with Gasteiger partial charge in [-0.05, 0) is 61.5 Å². The fourth-order valence-corrected chi connectivity index (χ4v) is 3.69. The largest absolute Gasteiger partial charge is 0.384 e. The van der Waals surface area contributed by atoms with Crippen molar-refractivity contribution in [1.29, 1.82) is 0 Å². The van der Waals surface area contributed by atoms with E-state index in [9.17, 15) is 0 Å². The van der Waals surface area contributed by atoms with Gasteiger partial charge in [0.15, 0.2) is 0 Å². The molecule has 0 radical (unpaired) electrons. The average molecular weight is 382 g/mol. The first-order valence-corrected chi connectivity index (χ1v) is 7.87. The smallest absolute Gasteiger partial charge is 0.0631 e. The van der Waals surface area contributed by atoms with E-state index >= 15 is 0 Å². The van der Waals surface area contributed by atoms with E-state index in [4.69, 9.17) is 0 Å². The molecule has 1 heterocycles. The van der Waals surface area contributed by atoms with Crippen LogP contribution in [-0.4, -0.2) is 6.54 Å². The molecule has 0 saturated heterocycles. The summed E-state index contributed by atoms with van der Waals surface area (Å²) in [7, 11) is 0. The second-order valence-electron chi connectivity index (χ2n) is 4.58. The highest BCUT2D eigenvalue weighted by Crippen LogP contribution is 2.32. The van der Waals surface area contributed by atoms with Crippen LogP contribution in [-0.2, 0) is 13.0 Å². The molecule has 0 bridgehead atoms. The Bertz CT molecular complexity index is 591. The summed E-state index contributed by atoms with van der Waals surface area (Å²) in [4.78, 5) is 0. The number of anilines is 2. The molecule has 0 amide bonds. The topological polar surface area (TPSA) is 24.1 Å². The van der Waals surface area contributed by atoms with E-state index < -0.39 is 0 Å². The molecular formula is C15H14Br2N2. The van der Waals surface area contributed by atoms with Gasteiger partial charge in [0, 0.05) is 27.7 Å². The summed E-state index contributed by atoms with van der Waals surface area (Å²) in [5.74, 6) is 0. The highest BCUT2D eigenvalue weighted by Gasteiger charge is 2.13. The van der Waals surface area contributed by atoms with Crippen LogP contribution in [0.2, 0.25) is 0 Å². The van der Waals surface area contributed by atoms with E-state index in [0.29, 0.717) is 0 Å². The van der Waals surface area contributed by atoms with Gasteiger partial charge in [-0.3, -0.25) is 0 Å². The lowest BCUT2D eigenvalue weighted by Crippen LogP contribution is -2.04. The first kappa shape index (κ1) is 13.0. The van der Waals surface area contributed by atoms with Crippen molar-refractivity contribution in [3.8, 4) is 0 Å². The van der Waals surface area contributed by atoms with Gasteiger partial charge in [-0.1, -0.05) is 24.3 Å². The first-order valence-electron chi connectivity index (χ1n) is 6.28. The lowest BCUT2D eigenvalue weighted by molar-refractivity contribution is 1.11. The Balaban J connectivity index is 1.82. The maximum atomic E-state index is 3.57. The van der Waals surface area contributed by atoms with Gasteiger partial charge in [-0.15, -0.1) is 0 Å². The van der Waals surface area contributed by atoms with E-state index in [0.717, 1.165) is 34.1 Å². The third-order valence-corrected chi connectivity index (χ3v) is 4.67. The van der Waals surface area contributed by atoms with E-state index in [-0.39, 0.29) is 0 Å². The fraction of sp³-hybridized carbons (Fsp3) is 0.200. The Morgan fingerprint density at radius 1 is 1.05 bits per heavy atom. The Morgan fingerprint density at radius 3 is 2.58 bits per heavy atom. The first-order chi connectivity index (χ1) is 9.25. The van der Waals surface area contributed by atoms with Crippen LogP contribution in [0.3, 0.4) is 0 Å². The van der Waals surface area contributed by atoms with Crippen LogP contribution in [0.15, 0.2) is 45.3 Å². The molecule has 98 valence electrons. The molecular weight excluding hydrogens is 368 g/mol. The summed E-state index contributed by atoms with van der Waals surface area (Å²) in [6.07, 6.45) is 1.13. The minimum atomic E-state index is 0.817. The Morgan fingerprint density at radius 2 is 1.79 bits per heavy atom. The lowest BCUT2D eigenvalue weighted by Gasteiger charge is -2.13. The van der Waals surface area contributed by atoms with Gasteiger partial charge < -0.3 is 10.6 Å². The number of halogens is 2. The molecule has 0 unspecified atom stereocenters. The second kappa shape index (κ2) is 5.55. The van der Waals surface area contributed by atoms with Gasteiger partial charge in [0.2, 0.25) is 0 Å². The van der Waals surface area contributed by atoms with E-state index in [1.165, 1.54) is 16.8 Å². The summed E-state index contributed by atoms with van der Waals surface area (Å²) in [5.41, 5.74) is 5.14. The average Bonchev–Trinajstić information content (AvgIpc) is 2.87. The van der Waals surface area contributed by atoms with Gasteiger partial charge >= 0.3 is 0 Å². The molecule has 0 atom stereocenters. The van der Waals surface area contributed by atoms with Crippen LogP contribution in [0.5, 0.6) is 0 Å². The van der Waals surface area contributed by atoms with Crippen molar-refractivity contribution in [2.24, 2.45) is 0 Å². The zero-order chi connectivity index (χ0) is 13.2. The SMILES string of the molecule is Brc1cccc(Br)c1NCc1cccc2c1NCC2. The summed E-state index contributed by atoms with van der Waals surface area (Å²) in [6, 6.07) is 12.6. The van der Waals surface area contributed by atoms with Crippen LogP contribution in [0.25, 0.3) is 0 Å². The maximum absolute atomic E-state index is 3.57. The number of hydrogen-bond donors (Lipinski definition) is 2. The highest BCUT2D eigenvalue weighted by molar-refractivity contribution is 9.11. The van der Waals surface area contributed by atoms with Gasteiger partial charge in [0.1, 0.15) is 0 Å². The number of rotatable bonds is 3. The molecule has 0 spiro atoms. The van der Waals surface area contributed by atoms with Gasteiger partial charge in [-0.25, -0.2) is 0 Å². The Kier molecular flexibility index (Phi) is 3.80. The predicted octanol–water partition coefficient (Wildman–Crippen LogP) is 4.79. The van der Waals surface area contributed by atoms with Gasteiger partial charge in [-0.2, -0.15) is 0 Å². The number of nitrogens with one attached hydrogen (secondary N) is 2. The third-order valence-electron chi connectivity index (χ3n) is 3.35. The standard InChI is InChI=1S/C15H14Br2N2/c16-12-5-2-6-13(17)15(12)19-9-11-4-1-3-10-7-8-18-14(10)11/h1-6,18-19H,7-9H2. The maximum Gasteiger partial charge on any atom is 0.0631 e. The van der Waals surface area contributed by atoms with Crippen molar-refractivity contribution < 1.29 is 0 Å². The quantitative estimate of drug-likeness (QED) is 0.798. The molecule has 0 fully saturated rings. The van der Waals surface area contributed by atoms with Crippen LogP contribution >= 0.6 is 31.9 Å². The van der Waals surface area contributed by atoms with Crippen LogP contribution < -0.4 is 10.6 Å². The minimum absolute atomic E-state index is 0.817. The second-order valence-corrected chi connectivity index (χ2v) is 6.29. The van der Waals surface area contributed by atoms with Gasteiger partial charge in [0.25, 0.3) is 0 Å². The van der Waals surface area contributed by atoms with Crippen LogP contribution in [0.1, 0.15) is 11.1 Å². The molecule has 0 aliphatic carbocycles. The predicted molar refractivity (Wildman–Crippen MR) is 87.8 cm³/mol. The number of hydrogen-bond acceptors (Lipinski definition) is 2. The number of benzene rings is 2. The molecule has 2 aromatic rings. The molecule has 4 heteroatoms. The molecule has 3 rings (SSSR count). The zero-order valence-corrected chi connectivity index (χ0v) is 13.5. The van der Waals surface area contributed by atoms with Crippen LogP contribution in [0, 0.1) is 0 Å². The molecule has 2 N–H and O–H groups in total. The van der Waals surface area contributed by atoms with E-state index in [1.807, 2.05) is 18.2 Å². The van der Waals surface area contributed by atoms with E-state index in [1.54, 1.807) is 0 Å². The Labute approximate surface area is 129 Å². The number of para-hydroxylation sites is 2.